The Balaban J connectivity index is 1.21. The molecular weight excluding hydrogens is 805 g/mol. The molecule has 0 aliphatic carbocycles. The number of fused-ring (bicyclic) bond motifs is 2. The van der Waals surface area contributed by atoms with Crippen LogP contribution >= 0.6 is 35.0 Å². The van der Waals surface area contributed by atoms with Crippen LogP contribution in [-0.4, -0.2) is 89.7 Å². The van der Waals surface area contributed by atoms with Crippen molar-refractivity contribution in [3.8, 4) is 0 Å². The van der Waals surface area contributed by atoms with E-state index in [4.69, 9.17) is 37.1 Å². The number of nitrogens with zero attached hydrogens (tertiary/aromatic N) is 2. The normalized spacial score (nSPS) is 17.5. The number of nitrogens with one attached hydrogen (secondary N) is 1. The van der Waals surface area contributed by atoms with Gasteiger partial charge in [-0.15, -0.1) is 11.8 Å². The first-order valence-corrected chi connectivity index (χ1v) is 21.2. The number of benzene rings is 3. The number of thioether (sulfide) groups is 1. The maximum Gasteiger partial charge on any atom is 0.332 e. The Morgan fingerprint density at radius 3 is 2.52 bits per heavy atom. The first-order chi connectivity index (χ1) is 26.3. The van der Waals surface area contributed by atoms with Crippen molar-refractivity contribution < 1.29 is 46.3 Å². The molecule has 3 aromatic carbocycles. The van der Waals surface area contributed by atoms with Crippen LogP contribution in [0, 0.1) is 0 Å². The van der Waals surface area contributed by atoms with E-state index in [9.17, 15) is 32.4 Å². The van der Waals surface area contributed by atoms with Crippen molar-refractivity contribution in [1.29, 1.82) is 0 Å². The third-order valence-corrected chi connectivity index (χ3v) is 12.9. The van der Waals surface area contributed by atoms with Crippen molar-refractivity contribution in [1.82, 2.24) is 15.1 Å². The highest BCUT2D eigenvalue weighted by Crippen LogP contribution is 2.39. The van der Waals surface area contributed by atoms with Crippen LogP contribution in [0.15, 0.2) is 70.2 Å². The van der Waals surface area contributed by atoms with Gasteiger partial charge in [-0.25, -0.2) is 18.0 Å². The zero-order chi connectivity index (χ0) is 40.7. The number of amides is 3. The smallest absolute Gasteiger partial charge is 0.332 e. The van der Waals surface area contributed by atoms with Gasteiger partial charge in [0.25, 0.3) is 11.8 Å². The third kappa shape index (κ3) is 8.70. The molecule has 0 bridgehead atoms. The molecule has 17 heteroatoms. The van der Waals surface area contributed by atoms with E-state index in [1.807, 2.05) is 13.8 Å². The lowest BCUT2D eigenvalue weighted by atomic mass is 9.95. The highest BCUT2D eigenvalue weighted by Gasteiger charge is 2.46. The molecule has 0 radical (unpaired) electrons. The summed E-state index contributed by atoms with van der Waals surface area (Å²) in [5, 5.41) is 3.53. The number of carbonyl (C=O) groups excluding carboxylic acids is 5. The van der Waals surface area contributed by atoms with Gasteiger partial charge in [-0.2, -0.15) is 0 Å². The Labute approximate surface area is 337 Å². The first-order valence-electron chi connectivity index (χ1n) is 17.5. The van der Waals surface area contributed by atoms with E-state index >= 15 is 0 Å². The Kier molecular flexibility index (Phi) is 11.8. The SMILES string of the molecule is CC(=O)N1C(C(=O)OC(C)OC(=O)C(Cc2cccc(S(C)(=O)=O)c2)NC(=O)c2c(Cl)cc3c(c2Cl)CCN(C(=O)c2ccc4ccoc4c2)C3)CSC1(C)C. The van der Waals surface area contributed by atoms with Crippen molar-refractivity contribution in [2.24, 2.45) is 0 Å². The molecule has 13 nitrogen and oxygen atoms in total. The van der Waals surface area contributed by atoms with Crippen LogP contribution in [0.3, 0.4) is 0 Å². The molecule has 0 spiro atoms. The summed E-state index contributed by atoms with van der Waals surface area (Å²) in [4.78, 5) is 69.0. The molecule has 1 fully saturated rings. The van der Waals surface area contributed by atoms with Gasteiger partial charge < -0.3 is 29.0 Å². The second-order valence-electron chi connectivity index (χ2n) is 14.1. The first kappa shape index (κ1) is 41.1. The van der Waals surface area contributed by atoms with Crippen molar-refractivity contribution in [3.05, 3.63) is 98.7 Å². The van der Waals surface area contributed by atoms with Gasteiger partial charge in [-0.3, -0.25) is 14.4 Å². The molecule has 6 rings (SSSR count). The summed E-state index contributed by atoms with van der Waals surface area (Å²) in [6, 6.07) is 12.1. The minimum absolute atomic E-state index is 0.00191. The summed E-state index contributed by atoms with van der Waals surface area (Å²) in [5.41, 5.74) is 2.56. The number of halogens is 2. The van der Waals surface area contributed by atoms with Crippen LogP contribution in [0.2, 0.25) is 10.0 Å². The van der Waals surface area contributed by atoms with Gasteiger partial charge in [0.15, 0.2) is 9.84 Å². The molecule has 3 unspecified atom stereocenters. The molecular formula is C39H39Cl2N3O10S2. The highest BCUT2D eigenvalue weighted by molar-refractivity contribution is 8.00. The lowest BCUT2D eigenvalue weighted by molar-refractivity contribution is -0.190. The second-order valence-corrected chi connectivity index (χ2v) is 18.5. The predicted molar refractivity (Wildman–Crippen MR) is 210 cm³/mol. The Hall–Kier alpha value is -4.57. The maximum absolute atomic E-state index is 14.0. The molecule has 1 N–H and O–H groups in total. The van der Waals surface area contributed by atoms with Crippen molar-refractivity contribution in [2.45, 2.75) is 75.2 Å². The summed E-state index contributed by atoms with van der Waals surface area (Å²) >= 11 is 14.9. The summed E-state index contributed by atoms with van der Waals surface area (Å²) in [6.45, 7) is 6.77. The van der Waals surface area contributed by atoms with Gasteiger partial charge in [0, 0.05) is 56.3 Å². The van der Waals surface area contributed by atoms with E-state index in [2.05, 4.69) is 5.32 Å². The van der Waals surface area contributed by atoms with E-state index in [1.54, 1.807) is 47.6 Å². The molecule has 56 heavy (non-hydrogen) atoms. The standard InChI is InChI=1S/C39H39Cl2N3O10S2/c1-21(45)44-31(20-55-39(44,3)4)38(49)54-22(2)53-37(48)30(16-23-7-6-8-27(15-23)56(5,50)51)42-35(46)33-29(40)17-26-19-43(13-11-28(26)34(33)41)36(47)25-10-9-24-12-14-52-32(24)18-25/h6-10,12,14-15,17-18,22,30-31H,11,13,16,19-20H2,1-5H3,(H,42,46). The number of hydrogen-bond acceptors (Lipinski definition) is 11. The number of sulfone groups is 1. The molecule has 3 atom stereocenters. The molecule has 296 valence electrons. The molecule has 0 saturated carbocycles. The Morgan fingerprint density at radius 1 is 1.05 bits per heavy atom. The lowest BCUT2D eigenvalue weighted by Crippen LogP contribution is -2.50. The highest BCUT2D eigenvalue weighted by atomic mass is 35.5. The number of furan rings is 1. The van der Waals surface area contributed by atoms with E-state index in [0.717, 1.165) is 11.6 Å². The van der Waals surface area contributed by atoms with Crippen molar-refractivity contribution in [3.63, 3.8) is 0 Å². The molecule has 4 aromatic rings. The van der Waals surface area contributed by atoms with Crippen LogP contribution in [-0.2, 0) is 53.1 Å². The summed E-state index contributed by atoms with van der Waals surface area (Å²) in [5.74, 6) is -2.85. The van der Waals surface area contributed by atoms with E-state index in [-0.39, 0.29) is 51.0 Å². The van der Waals surface area contributed by atoms with Gasteiger partial charge in [0.05, 0.1) is 31.6 Å². The summed E-state index contributed by atoms with van der Waals surface area (Å²) in [6.07, 6.45) is 1.25. The van der Waals surface area contributed by atoms with Gasteiger partial charge in [-0.1, -0.05) is 41.4 Å². The van der Waals surface area contributed by atoms with Crippen LogP contribution in [0.5, 0.6) is 0 Å². The van der Waals surface area contributed by atoms with Crippen LogP contribution < -0.4 is 5.32 Å². The molecule has 2 aliphatic rings. The van der Waals surface area contributed by atoms with Crippen molar-refractivity contribution in [2.75, 3.05) is 18.6 Å². The van der Waals surface area contributed by atoms with E-state index in [0.29, 0.717) is 40.8 Å². The fourth-order valence-electron chi connectivity index (χ4n) is 6.95. The second kappa shape index (κ2) is 16.1. The zero-order valence-electron chi connectivity index (χ0n) is 31.1. The van der Waals surface area contributed by atoms with Gasteiger partial charge in [-0.05, 0) is 73.4 Å². The van der Waals surface area contributed by atoms with Gasteiger partial charge in [0.2, 0.25) is 12.2 Å². The molecule has 3 amide bonds. The maximum atomic E-state index is 14.0. The monoisotopic (exact) mass is 843 g/mol. The number of esters is 2. The zero-order valence-corrected chi connectivity index (χ0v) is 34.2. The fourth-order valence-corrected chi connectivity index (χ4v) is 9.65. The average Bonchev–Trinajstić information content (AvgIpc) is 3.73. The van der Waals surface area contributed by atoms with Gasteiger partial charge >= 0.3 is 11.9 Å². The van der Waals surface area contributed by atoms with Crippen LogP contribution in [0.1, 0.15) is 65.1 Å². The molecule has 2 aliphatic heterocycles. The Morgan fingerprint density at radius 2 is 1.80 bits per heavy atom. The van der Waals surface area contributed by atoms with Crippen molar-refractivity contribution >= 4 is 85.4 Å². The van der Waals surface area contributed by atoms with E-state index < -0.39 is 50.9 Å². The topological polar surface area (TPSA) is 170 Å². The minimum atomic E-state index is -3.61. The molecule has 3 heterocycles. The fraction of sp³-hybridized carbons (Fsp3) is 0.359. The minimum Gasteiger partial charge on any atom is -0.464 e. The van der Waals surface area contributed by atoms with Crippen LogP contribution in [0.25, 0.3) is 11.0 Å². The van der Waals surface area contributed by atoms with Crippen LogP contribution in [0.4, 0.5) is 0 Å². The number of carbonyl (C=O) groups is 5. The number of hydrogen-bond donors (Lipinski definition) is 1. The average molecular weight is 845 g/mol. The van der Waals surface area contributed by atoms with E-state index in [1.165, 1.54) is 48.7 Å². The largest absolute Gasteiger partial charge is 0.464 e. The molecule has 1 aromatic heterocycles. The third-order valence-electron chi connectivity index (χ3n) is 9.64. The summed E-state index contributed by atoms with van der Waals surface area (Å²) in [7, 11) is -3.61. The predicted octanol–water partition coefficient (Wildman–Crippen LogP) is 5.82. The Bertz CT molecular complexity index is 2360. The van der Waals surface area contributed by atoms with Gasteiger partial charge in [0.1, 0.15) is 17.7 Å². The number of rotatable bonds is 10. The number of ether oxygens (including phenoxy) is 2. The quantitative estimate of drug-likeness (QED) is 0.151. The molecule has 1 saturated heterocycles. The summed E-state index contributed by atoms with van der Waals surface area (Å²) < 4.78 is 41.0. The lowest BCUT2D eigenvalue weighted by Gasteiger charge is -2.33.